The lowest BCUT2D eigenvalue weighted by Crippen LogP contribution is -2.19. The Morgan fingerprint density at radius 3 is 2.42 bits per heavy atom. The highest BCUT2D eigenvalue weighted by atomic mass is 127. The van der Waals surface area contributed by atoms with Crippen LogP contribution in [0.25, 0.3) is 10.4 Å². The van der Waals surface area contributed by atoms with Crippen LogP contribution in [0, 0.1) is 3.57 Å². The molecule has 0 saturated heterocycles. The van der Waals surface area contributed by atoms with Crippen molar-refractivity contribution in [3.63, 3.8) is 0 Å². The Bertz CT molecular complexity index is 924. The molecule has 26 heavy (non-hydrogen) atoms. The fourth-order valence-corrected chi connectivity index (χ4v) is 3.99. The number of benzene rings is 2. The predicted octanol–water partition coefficient (Wildman–Crippen LogP) is 5.62. The molecule has 3 aromatic rings. The molecule has 0 radical (unpaired) electrons. The molecular formula is C19H15IN2O2S2. The summed E-state index contributed by atoms with van der Waals surface area (Å²) in [5, 5.41) is 7.30. The van der Waals surface area contributed by atoms with Gasteiger partial charge in [-0.15, -0.1) is 11.3 Å². The summed E-state index contributed by atoms with van der Waals surface area (Å²) >= 11 is 9.09. The van der Waals surface area contributed by atoms with E-state index in [0.717, 1.165) is 19.7 Å². The molecule has 132 valence electrons. The highest BCUT2D eigenvalue weighted by molar-refractivity contribution is 14.1. The second-order valence-corrected chi connectivity index (χ2v) is 8.00. The zero-order valence-corrected chi connectivity index (χ0v) is 17.6. The van der Waals surface area contributed by atoms with Crippen LogP contribution >= 0.6 is 46.1 Å². The lowest BCUT2D eigenvalue weighted by atomic mass is 10.1. The molecular weight excluding hydrogens is 479 g/mol. The van der Waals surface area contributed by atoms with Crippen LogP contribution in [0.2, 0.25) is 0 Å². The number of carbonyl (C=O) groups is 1. The number of anilines is 2. The zero-order chi connectivity index (χ0) is 18.5. The number of thiophene rings is 1. The number of methoxy groups -OCH3 is 1. The predicted molar refractivity (Wildman–Crippen MR) is 120 cm³/mol. The van der Waals surface area contributed by atoms with Gasteiger partial charge in [-0.25, -0.2) is 4.79 Å². The molecule has 0 fully saturated rings. The highest BCUT2D eigenvalue weighted by Crippen LogP contribution is 2.36. The molecule has 1 heterocycles. The van der Waals surface area contributed by atoms with E-state index in [4.69, 9.17) is 17.0 Å². The molecule has 0 atom stereocenters. The lowest BCUT2D eigenvalue weighted by Gasteiger charge is -2.10. The van der Waals surface area contributed by atoms with Gasteiger partial charge in [0.2, 0.25) is 0 Å². The van der Waals surface area contributed by atoms with Crippen molar-refractivity contribution in [2.24, 2.45) is 0 Å². The summed E-state index contributed by atoms with van der Waals surface area (Å²) in [4.78, 5) is 13.1. The number of hydrogen-bond acceptors (Lipinski definition) is 4. The summed E-state index contributed by atoms with van der Waals surface area (Å²) in [6, 6.07) is 19.6. The van der Waals surface area contributed by atoms with Crippen LogP contribution in [0.3, 0.4) is 0 Å². The maximum Gasteiger partial charge on any atom is 0.340 e. The van der Waals surface area contributed by atoms with Gasteiger partial charge in [0.05, 0.1) is 12.7 Å². The first kappa shape index (κ1) is 18.8. The second kappa shape index (κ2) is 8.61. The van der Waals surface area contributed by atoms with E-state index in [9.17, 15) is 4.79 Å². The Labute approximate surface area is 174 Å². The topological polar surface area (TPSA) is 50.4 Å². The van der Waals surface area contributed by atoms with Crippen LogP contribution < -0.4 is 10.6 Å². The maximum atomic E-state index is 12.1. The van der Waals surface area contributed by atoms with E-state index in [1.807, 2.05) is 60.7 Å². The van der Waals surface area contributed by atoms with Gasteiger partial charge in [0, 0.05) is 14.1 Å². The molecule has 7 heteroatoms. The Morgan fingerprint density at radius 1 is 1.08 bits per heavy atom. The van der Waals surface area contributed by atoms with Crippen LogP contribution in [0.1, 0.15) is 10.4 Å². The Balaban J connectivity index is 1.83. The third kappa shape index (κ3) is 4.60. The van der Waals surface area contributed by atoms with Crippen LogP contribution in [0.5, 0.6) is 0 Å². The molecule has 0 spiro atoms. The zero-order valence-electron chi connectivity index (χ0n) is 13.8. The van der Waals surface area contributed by atoms with E-state index in [1.54, 1.807) is 0 Å². The van der Waals surface area contributed by atoms with Crippen molar-refractivity contribution < 1.29 is 9.53 Å². The van der Waals surface area contributed by atoms with E-state index >= 15 is 0 Å². The quantitative estimate of drug-likeness (QED) is 0.280. The van der Waals surface area contributed by atoms with Crippen LogP contribution in [0.15, 0.2) is 60.7 Å². The standard InChI is InChI=1S/C19H15IN2O2S2/c1-24-18(23)15-11-16(12-5-3-2-4-6-12)26-17(15)22-19(25)21-14-9-7-13(20)8-10-14/h2-11H,1H3,(H2,21,22,25). The molecule has 0 saturated carbocycles. The van der Waals surface area contributed by atoms with Gasteiger partial charge in [-0.3, -0.25) is 0 Å². The van der Waals surface area contributed by atoms with Gasteiger partial charge in [-0.05, 0) is 70.7 Å². The van der Waals surface area contributed by atoms with Gasteiger partial charge < -0.3 is 15.4 Å². The molecule has 0 aliphatic rings. The lowest BCUT2D eigenvalue weighted by molar-refractivity contribution is 0.0602. The van der Waals surface area contributed by atoms with Gasteiger partial charge in [-0.1, -0.05) is 30.3 Å². The molecule has 2 aromatic carbocycles. The minimum Gasteiger partial charge on any atom is -0.465 e. The van der Waals surface area contributed by atoms with Gasteiger partial charge in [0.1, 0.15) is 5.00 Å². The third-order valence-electron chi connectivity index (χ3n) is 3.52. The Hall–Kier alpha value is -1.97. The minimum absolute atomic E-state index is 0.400. The van der Waals surface area contributed by atoms with Crippen molar-refractivity contribution in [2.75, 3.05) is 17.7 Å². The smallest absolute Gasteiger partial charge is 0.340 e. The molecule has 2 N–H and O–H groups in total. The molecule has 3 rings (SSSR count). The van der Waals surface area contributed by atoms with Crippen molar-refractivity contribution in [2.45, 2.75) is 0 Å². The van der Waals surface area contributed by atoms with Crippen molar-refractivity contribution in [1.82, 2.24) is 0 Å². The summed E-state index contributed by atoms with van der Waals surface area (Å²) in [5.41, 5.74) is 2.37. The molecule has 1 aromatic heterocycles. The number of halogens is 1. The second-order valence-electron chi connectivity index (χ2n) is 5.30. The molecule has 0 amide bonds. The molecule has 0 aliphatic heterocycles. The SMILES string of the molecule is COC(=O)c1cc(-c2ccccc2)sc1NC(=S)Nc1ccc(I)cc1. The Morgan fingerprint density at radius 2 is 1.77 bits per heavy atom. The van der Waals surface area contributed by atoms with E-state index < -0.39 is 5.97 Å². The van der Waals surface area contributed by atoms with Crippen LogP contribution in [0.4, 0.5) is 10.7 Å². The average molecular weight is 494 g/mol. The highest BCUT2D eigenvalue weighted by Gasteiger charge is 2.18. The first-order valence-corrected chi connectivity index (χ1v) is 9.98. The van der Waals surface area contributed by atoms with Crippen molar-refractivity contribution in [1.29, 1.82) is 0 Å². The van der Waals surface area contributed by atoms with Crippen molar-refractivity contribution in [3.8, 4) is 10.4 Å². The first-order chi connectivity index (χ1) is 12.6. The third-order valence-corrected chi connectivity index (χ3v) is 5.55. The summed E-state index contributed by atoms with van der Waals surface area (Å²) < 4.78 is 6.05. The van der Waals surface area contributed by atoms with Crippen LogP contribution in [-0.4, -0.2) is 18.2 Å². The number of carbonyl (C=O) groups excluding carboxylic acids is 1. The maximum absolute atomic E-state index is 12.1. The fraction of sp³-hybridized carbons (Fsp3) is 0.0526. The fourth-order valence-electron chi connectivity index (χ4n) is 2.29. The number of esters is 1. The summed E-state index contributed by atoms with van der Waals surface area (Å²) in [6.07, 6.45) is 0. The number of rotatable bonds is 4. The largest absolute Gasteiger partial charge is 0.465 e. The van der Waals surface area contributed by atoms with E-state index in [1.165, 1.54) is 18.4 Å². The monoisotopic (exact) mass is 494 g/mol. The number of ether oxygens (including phenoxy) is 1. The minimum atomic E-state index is -0.400. The molecule has 0 bridgehead atoms. The van der Waals surface area contributed by atoms with Crippen LogP contribution in [-0.2, 0) is 4.74 Å². The first-order valence-electron chi connectivity index (χ1n) is 7.68. The van der Waals surface area contributed by atoms with Gasteiger partial charge in [0.15, 0.2) is 5.11 Å². The van der Waals surface area contributed by atoms with Gasteiger partial charge in [-0.2, -0.15) is 0 Å². The number of thiocarbonyl (C=S) groups is 1. The van der Waals surface area contributed by atoms with Crippen molar-refractivity contribution in [3.05, 3.63) is 69.8 Å². The summed E-state index contributed by atoms with van der Waals surface area (Å²) in [5.74, 6) is -0.400. The average Bonchev–Trinajstić information content (AvgIpc) is 3.07. The van der Waals surface area contributed by atoms with Crippen molar-refractivity contribution >= 4 is 67.9 Å². The summed E-state index contributed by atoms with van der Waals surface area (Å²) in [7, 11) is 1.37. The number of hydrogen-bond donors (Lipinski definition) is 2. The molecule has 0 unspecified atom stereocenters. The Kier molecular flexibility index (Phi) is 6.23. The normalized spacial score (nSPS) is 10.2. The molecule has 4 nitrogen and oxygen atoms in total. The van der Waals surface area contributed by atoms with Gasteiger partial charge >= 0.3 is 5.97 Å². The van der Waals surface area contributed by atoms with E-state index in [0.29, 0.717) is 15.7 Å². The van der Waals surface area contributed by atoms with E-state index in [2.05, 4.69) is 33.2 Å². The molecule has 0 aliphatic carbocycles. The van der Waals surface area contributed by atoms with Gasteiger partial charge in [0.25, 0.3) is 0 Å². The van der Waals surface area contributed by atoms with E-state index in [-0.39, 0.29) is 0 Å². The summed E-state index contributed by atoms with van der Waals surface area (Å²) in [6.45, 7) is 0. The number of nitrogens with one attached hydrogen (secondary N) is 2.